The molecule has 11 heteroatoms. The zero-order chi connectivity index (χ0) is 22.3. The molecule has 0 spiro atoms. The van der Waals surface area contributed by atoms with Crippen LogP contribution in [0.25, 0.3) is 16.5 Å². The van der Waals surface area contributed by atoms with Crippen LogP contribution in [0.15, 0.2) is 61.9 Å². The smallest absolute Gasteiger partial charge is 0.267 e. The fourth-order valence-electron chi connectivity index (χ4n) is 3.17. The summed E-state index contributed by atoms with van der Waals surface area (Å²) in [6.45, 7) is -0.454. The summed E-state index contributed by atoms with van der Waals surface area (Å²) in [7, 11) is 0. The van der Waals surface area contributed by atoms with Gasteiger partial charge in [0.15, 0.2) is 16.8 Å². The lowest BCUT2D eigenvalue weighted by Gasteiger charge is -2.15. The lowest BCUT2D eigenvalue weighted by Crippen LogP contribution is -2.41. The van der Waals surface area contributed by atoms with Gasteiger partial charge >= 0.3 is 11.4 Å². The van der Waals surface area contributed by atoms with Crippen LogP contribution in [0.1, 0.15) is 5.56 Å². The Hall–Kier alpha value is -2.92. The average Bonchev–Trinajstić information content (AvgIpc) is 2.73. The lowest BCUT2D eigenvalue weighted by molar-refractivity contribution is 0.482. The van der Waals surface area contributed by atoms with Gasteiger partial charge in [-0.3, -0.25) is 9.55 Å². The molecule has 2 aromatic carbocycles. The second-order valence-corrected chi connectivity index (χ2v) is 8.07. The summed E-state index contributed by atoms with van der Waals surface area (Å²) >= 11 is 4.41. The Labute approximate surface area is 185 Å². The zero-order valence-corrected chi connectivity index (χ0v) is 18.2. The maximum absolute atomic E-state index is 14.2. The maximum Gasteiger partial charge on any atom is 0.358 e. The van der Waals surface area contributed by atoms with Gasteiger partial charge in [0.2, 0.25) is 0 Å². The first-order valence-electron chi connectivity index (χ1n) is 8.75. The molecule has 0 saturated carbocycles. The molecule has 0 unspecified atom stereocenters. The summed E-state index contributed by atoms with van der Waals surface area (Å²) in [5.41, 5.74) is -1.75. The first-order chi connectivity index (χ1) is 14.8. The molecule has 0 aliphatic heterocycles. The third-order valence-electron chi connectivity index (χ3n) is 4.59. The molecule has 0 bridgehead atoms. The molecule has 0 aliphatic carbocycles. The van der Waals surface area contributed by atoms with E-state index in [1.807, 2.05) is 0 Å². The molecule has 0 fully saturated rings. The molecule has 4 aromatic rings. The topological polar surface area (TPSA) is 69.8 Å². The fourth-order valence-corrected chi connectivity index (χ4v) is 4.29. The van der Waals surface area contributed by atoms with Gasteiger partial charge in [0.1, 0.15) is 5.82 Å². The quantitative estimate of drug-likeness (QED) is 0.309. The minimum absolute atomic E-state index is 0.00245. The van der Waals surface area contributed by atoms with Gasteiger partial charge in [-0.25, -0.2) is 27.3 Å². The van der Waals surface area contributed by atoms with Crippen molar-refractivity contribution in [2.75, 3.05) is 6.26 Å². The van der Waals surface area contributed by atoms with Gasteiger partial charge in [-0.2, -0.15) is 4.98 Å². The Bertz CT molecular complexity index is 1450. The Morgan fingerprint density at radius 3 is 2.55 bits per heavy atom. The highest BCUT2D eigenvalue weighted by Crippen LogP contribution is 2.28. The predicted octanol–water partition coefficient (Wildman–Crippen LogP) is 3.89. The zero-order valence-electron chi connectivity index (χ0n) is 15.8. The molecule has 2 aromatic heterocycles. The van der Waals surface area contributed by atoms with E-state index in [0.717, 1.165) is 20.9 Å². The second-order valence-electron chi connectivity index (χ2n) is 6.44. The van der Waals surface area contributed by atoms with E-state index in [1.54, 1.807) is 30.7 Å². The minimum atomic E-state index is -1.34. The summed E-state index contributed by atoms with van der Waals surface area (Å²) in [5.74, 6) is -3.61. The first-order valence-corrected chi connectivity index (χ1v) is 10.8. The average molecular weight is 509 g/mol. The van der Waals surface area contributed by atoms with Crippen molar-refractivity contribution in [1.82, 2.24) is 19.1 Å². The number of rotatable bonds is 4. The lowest BCUT2D eigenvalue weighted by atomic mass is 10.1. The van der Waals surface area contributed by atoms with Crippen molar-refractivity contribution in [3.8, 4) is 5.69 Å². The summed E-state index contributed by atoms with van der Waals surface area (Å²) in [6.07, 6.45) is 4.51. The Kier molecular flexibility index (Phi) is 5.71. The molecule has 4 rings (SSSR count). The Morgan fingerprint density at radius 2 is 1.81 bits per heavy atom. The van der Waals surface area contributed by atoms with Crippen molar-refractivity contribution in [3.05, 3.63) is 91.2 Å². The number of aromatic nitrogens is 4. The van der Waals surface area contributed by atoms with E-state index in [4.69, 9.17) is 0 Å². The van der Waals surface area contributed by atoms with E-state index < -0.39 is 35.4 Å². The molecule has 2 heterocycles. The molecule has 0 aliphatic rings. The highest BCUT2D eigenvalue weighted by atomic mass is 79.9. The molecule has 0 radical (unpaired) electrons. The SMILES string of the molecule is CSc1nc(=O)n(-c2cncc3cccc(Br)c23)c(=O)n1Cc1cc(F)c(F)cc1F. The van der Waals surface area contributed by atoms with Gasteiger partial charge in [-0.05, 0) is 18.4 Å². The molecule has 158 valence electrons. The fraction of sp³-hybridized carbons (Fsp3) is 0.100. The number of halogens is 4. The number of hydrogen-bond acceptors (Lipinski definition) is 5. The summed E-state index contributed by atoms with van der Waals surface area (Å²) in [6, 6.07) is 6.37. The predicted molar refractivity (Wildman–Crippen MR) is 114 cm³/mol. The van der Waals surface area contributed by atoms with Crippen LogP contribution >= 0.6 is 27.7 Å². The Balaban J connectivity index is 1.99. The van der Waals surface area contributed by atoms with Crippen molar-refractivity contribution >= 4 is 38.5 Å². The van der Waals surface area contributed by atoms with Crippen LogP contribution in [0, 0.1) is 17.5 Å². The summed E-state index contributed by atoms with van der Waals surface area (Å²) in [4.78, 5) is 34.1. The van der Waals surface area contributed by atoms with Crippen molar-refractivity contribution in [2.24, 2.45) is 0 Å². The van der Waals surface area contributed by atoms with Crippen LogP contribution < -0.4 is 11.4 Å². The monoisotopic (exact) mass is 508 g/mol. The maximum atomic E-state index is 14.2. The highest BCUT2D eigenvalue weighted by Gasteiger charge is 2.19. The Morgan fingerprint density at radius 1 is 1.06 bits per heavy atom. The molecule has 0 N–H and O–H groups in total. The van der Waals surface area contributed by atoms with E-state index in [9.17, 15) is 22.8 Å². The molecule has 31 heavy (non-hydrogen) atoms. The highest BCUT2D eigenvalue weighted by molar-refractivity contribution is 9.10. The molecule has 0 saturated heterocycles. The van der Waals surface area contributed by atoms with E-state index in [2.05, 4.69) is 25.9 Å². The first kappa shape index (κ1) is 21.3. The number of benzene rings is 2. The minimum Gasteiger partial charge on any atom is -0.267 e. The second kappa shape index (κ2) is 8.31. The van der Waals surface area contributed by atoms with Crippen LogP contribution in [0.3, 0.4) is 0 Å². The standard InChI is InChI=1S/C20H12BrF3N4O2S/c1-31-19-26-18(29)28(16-8-25-7-10-3-2-4-12(21)17(10)16)20(30)27(19)9-11-5-14(23)15(24)6-13(11)22/h2-8H,9H2,1H3. The molecular weight excluding hydrogens is 497 g/mol. The van der Waals surface area contributed by atoms with Gasteiger partial charge < -0.3 is 0 Å². The van der Waals surface area contributed by atoms with Crippen LogP contribution in [0.4, 0.5) is 13.2 Å². The van der Waals surface area contributed by atoms with Gasteiger partial charge in [0, 0.05) is 33.1 Å². The molecule has 6 nitrogen and oxygen atoms in total. The van der Waals surface area contributed by atoms with Crippen LogP contribution in [-0.2, 0) is 6.54 Å². The van der Waals surface area contributed by atoms with E-state index in [-0.39, 0.29) is 16.4 Å². The third-order valence-corrected chi connectivity index (χ3v) is 5.93. The van der Waals surface area contributed by atoms with Crippen LogP contribution in [0.5, 0.6) is 0 Å². The number of thioether (sulfide) groups is 1. The molecule has 0 amide bonds. The van der Waals surface area contributed by atoms with Crippen LogP contribution in [-0.4, -0.2) is 25.4 Å². The van der Waals surface area contributed by atoms with Crippen LogP contribution in [0.2, 0.25) is 0 Å². The van der Waals surface area contributed by atoms with Gasteiger partial charge in [0.25, 0.3) is 0 Å². The third kappa shape index (κ3) is 3.79. The number of pyridine rings is 1. The van der Waals surface area contributed by atoms with Crippen molar-refractivity contribution in [1.29, 1.82) is 0 Å². The number of fused-ring (bicyclic) bond motifs is 1. The summed E-state index contributed by atoms with van der Waals surface area (Å²) in [5, 5.41) is 1.23. The van der Waals surface area contributed by atoms with E-state index >= 15 is 0 Å². The number of hydrogen-bond donors (Lipinski definition) is 0. The van der Waals surface area contributed by atoms with Gasteiger partial charge in [-0.15, -0.1) is 0 Å². The summed E-state index contributed by atoms with van der Waals surface area (Å²) < 4.78 is 43.6. The van der Waals surface area contributed by atoms with Gasteiger partial charge in [0.05, 0.1) is 18.4 Å². The van der Waals surface area contributed by atoms with Crippen molar-refractivity contribution < 1.29 is 13.2 Å². The molecule has 0 atom stereocenters. The molecular formula is C20H12BrF3N4O2S. The van der Waals surface area contributed by atoms with E-state index in [1.165, 1.54) is 6.20 Å². The normalized spacial score (nSPS) is 11.3. The van der Waals surface area contributed by atoms with Crippen molar-refractivity contribution in [3.63, 3.8) is 0 Å². The van der Waals surface area contributed by atoms with Crippen molar-refractivity contribution in [2.45, 2.75) is 11.7 Å². The largest absolute Gasteiger partial charge is 0.358 e. The number of nitrogens with zero attached hydrogens (tertiary/aromatic N) is 4. The van der Waals surface area contributed by atoms with Gasteiger partial charge in [-0.1, -0.05) is 39.8 Å². The van der Waals surface area contributed by atoms with E-state index in [0.29, 0.717) is 27.4 Å².